The minimum absolute atomic E-state index is 0.237. The maximum Gasteiger partial charge on any atom is 0.249 e. The van der Waals surface area contributed by atoms with E-state index in [4.69, 9.17) is 4.42 Å². The standard InChI is InChI=1S/C13H12N2O2/c1-10-6-7-14-12(9-10)15-13(16)5-4-11-3-2-8-17-11/h2-9H,1H3,(H,14,15,16). The van der Waals surface area contributed by atoms with Crippen LogP contribution in [0.3, 0.4) is 0 Å². The highest BCUT2D eigenvalue weighted by atomic mass is 16.3. The van der Waals surface area contributed by atoms with Gasteiger partial charge in [-0.2, -0.15) is 0 Å². The number of nitrogens with zero attached hydrogens (tertiary/aromatic N) is 1. The Bertz CT molecular complexity index is 530. The van der Waals surface area contributed by atoms with Gasteiger partial charge in [-0.15, -0.1) is 0 Å². The van der Waals surface area contributed by atoms with Gasteiger partial charge in [0.25, 0.3) is 0 Å². The zero-order valence-corrected chi connectivity index (χ0v) is 9.38. The van der Waals surface area contributed by atoms with Crippen molar-refractivity contribution in [1.82, 2.24) is 4.98 Å². The fraction of sp³-hybridized carbons (Fsp3) is 0.0769. The van der Waals surface area contributed by atoms with Crippen molar-refractivity contribution in [2.45, 2.75) is 6.92 Å². The third-order valence-electron chi connectivity index (χ3n) is 2.11. The molecular formula is C13H12N2O2. The van der Waals surface area contributed by atoms with E-state index in [1.54, 1.807) is 36.7 Å². The van der Waals surface area contributed by atoms with Crippen molar-refractivity contribution >= 4 is 17.8 Å². The predicted molar refractivity (Wildman–Crippen MR) is 65.3 cm³/mol. The van der Waals surface area contributed by atoms with E-state index in [9.17, 15) is 4.79 Å². The molecule has 2 rings (SSSR count). The number of carbonyl (C=O) groups is 1. The summed E-state index contributed by atoms with van der Waals surface area (Å²) < 4.78 is 5.07. The Morgan fingerprint density at radius 2 is 2.35 bits per heavy atom. The number of hydrogen-bond donors (Lipinski definition) is 1. The average Bonchev–Trinajstić information content (AvgIpc) is 2.79. The third kappa shape index (κ3) is 3.31. The molecule has 17 heavy (non-hydrogen) atoms. The van der Waals surface area contributed by atoms with Crippen LogP contribution >= 0.6 is 0 Å². The Balaban J connectivity index is 1.98. The molecule has 2 aromatic rings. The lowest BCUT2D eigenvalue weighted by atomic mass is 10.3. The highest BCUT2D eigenvalue weighted by Gasteiger charge is 1.99. The van der Waals surface area contributed by atoms with Gasteiger partial charge in [-0.1, -0.05) is 0 Å². The number of aryl methyl sites for hydroxylation is 1. The zero-order valence-electron chi connectivity index (χ0n) is 9.38. The second kappa shape index (κ2) is 5.12. The number of amides is 1. The fourth-order valence-corrected chi connectivity index (χ4v) is 1.32. The van der Waals surface area contributed by atoms with E-state index in [0.29, 0.717) is 11.6 Å². The molecule has 0 bridgehead atoms. The molecule has 0 fully saturated rings. The molecule has 0 aliphatic rings. The summed E-state index contributed by atoms with van der Waals surface area (Å²) in [6, 6.07) is 7.21. The number of anilines is 1. The third-order valence-corrected chi connectivity index (χ3v) is 2.11. The molecule has 0 unspecified atom stereocenters. The topological polar surface area (TPSA) is 55.1 Å². The fourth-order valence-electron chi connectivity index (χ4n) is 1.32. The molecule has 1 amide bonds. The molecule has 4 heteroatoms. The van der Waals surface area contributed by atoms with Crippen LogP contribution in [0.1, 0.15) is 11.3 Å². The zero-order chi connectivity index (χ0) is 12.1. The summed E-state index contributed by atoms with van der Waals surface area (Å²) in [5.41, 5.74) is 1.05. The SMILES string of the molecule is Cc1ccnc(NC(=O)C=Cc2ccco2)c1. The van der Waals surface area contributed by atoms with Gasteiger partial charge in [0.1, 0.15) is 11.6 Å². The summed E-state index contributed by atoms with van der Waals surface area (Å²) in [6.07, 6.45) is 6.22. The van der Waals surface area contributed by atoms with Gasteiger partial charge < -0.3 is 9.73 Å². The molecule has 2 heterocycles. The number of nitrogens with one attached hydrogen (secondary N) is 1. The Morgan fingerprint density at radius 1 is 1.47 bits per heavy atom. The van der Waals surface area contributed by atoms with Gasteiger partial charge in [0.15, 0.2) is 0 Å². The van der Waals surface area contributed by atoms with Gasteiger partial charge >= 0.3 is 0 Å². The Kier molecular flexibility index (Phi) is 3.35. The molecule has 0 aliphatic carbocycles. The largest absolute Gasteiger partial charge is 0.465 e. The molecule has 2 aromatic heterocycles. The van der Waals surface area contributed by atoms with Gasteiger partial charge in [-0.3, -0.25) is 4.79 Å². The van der Waals surface area contributed by atoms with Crippen LogP contribution in [-0.2, 0) is 4.79 Å². The average molecular weight is 228 g/mol. The van der Waals surface area contributed by atoms with Crippen molar-refractivity contribution in [2.75, 3.05) is 5.32 Å². The van der Waals surface area contributed by atoms with E-state index in [-0.39, 0.29) is 5.91 Å². The lowest BCUT2D eigenvalue weighted by Crippen LogP contribution is -2.09. The smallest absolute Gasteiger partial charge is 0.249 e. The first kappa shape index (κ1) is 11.1. The van der Waals surface area contributed by atoms with Crippen molar-refractivity contribution in [1.29, 1.82) is 0 Å². The molecule has 1 N–H and O–H groups in total. The maximum absolute atomic E-state index is 11.5. The summed E-state index contributed by atoms with van der Waals surface area (Å²) >= 11 is 0. The van der Waals surface area contributed by atoms with Crippen molar-refractivity contribution < 1.29 is 9.21 Å². The summed E-state index contributed by atoms with van der Waals surface area (Å²) in [7, 11) is 0. The molecule has 0 aliphatic heterocycles. The summed E-state index contributed by atoms with van der Waals surface area (Å²) in [5.74, 6) is 0.941. The minimum atomic E-state index is -0.237. The molecule has 4 nitrogen and oxygen atoms in total. The van der Waals surface area contributed by atoms with Crippen LogP contribution in [0.25, 0.3) is 6.08 Å². The second-order valence-corrected chi connectivity index (χ2v) is 3.56. The van der Waals surface area contributed by atoms with Gasteiger partial charge in [0, 0.05) is 12.3 Å². The molecule has 0 atom stereocenters. The highest BCUT2D eigenvalue weighted by Crippen LogP contribution is 2.06. The molecule has 86 valence electrons. The predicted octanol–water partition coefficient (Wildman–Crippen LogP) is 2.63. The molecular weight excluding hydrogens is 216 g/mol. The van der Waals surface area contributed by atoms with Gasteiger partial charge in [0.2, 0.25) is 5.91 Å². The van der Waals surface area contributed by atoms with Crippen molar-refractivity contribution in [3.8, 4) is 0 Å². The normalized spacial score (nSPS) is 10.6. The van der Waals surface area contributed by atoms with Crippen LogP contribution in [0.5, 0.6) is 0 Å². The van der Waals surface area contributed by atoms with Crippen LogP contribution in [-0.4, -0.2) is 10.9 Å². The Labute approximate surface area is 99.0 Å². The van der Waals surface area contributed by atoms with Gasteiger partial charge in [0.05, 0.1) is 6.26 Å². The monoisotopic (exact) mass is 228 g/mol. The van der Waals surface area contributed by atoms with Crippen molar-refractivity contribution in [3.05, 3.63) is 54.1 Å². The maximum atomic E-state index is 11.5. The highest BCUT2D eigenvalue weighted by molar-refractivity contribution is 6.01. The number of furan rings is 1. The van der Waals surface area contributed by atoms with Crippen molar-refractivity contribution in [3.63, 3.8) is 0 Å². The summed E-state index contributed by atoms with van der Waals surface area (Å²) in [5, 5.41) is 2.67. The number of rotatable bonds is 3. The van der Waals surface area contributed by atoms with Crippen molar-refractivity contribution in [2.24, 2.45) is 0 Å². The molecule has 0 saturated heterocycles. The number of pyridine rings is 1. The van der Waals surface area contributed by atoms with E-state index in [2.05, 4.69) is 10.3 Å². The molecule has 0 aromatic carbocycles. The Morgan fingerprint density at radius 3 is 3.06 bits per heavy atom. The molecule has 0 radical (unpaired) electrons. The second-order valence-electron chi connectivity index (χ2n) is 3.56. The van der Waals surface area contributed by atoms with Crippen LogP contribution in [0.2, 0.25) is 0 Å². The first-order valence-electron chi connectivity index (χ1n) is 5.19. The van der Waals surface area contributed by atoms with Crippen LogP contribution in [0, 0.1) is 6.92 Å². The van der Waals surface area contributed by atoms with E-state index < -0.39 is 0 Å². The lowest BCUT2D eigenvalue weighted by Gasteiger charge is -2.01. The summed E-state index contributed by atoms with van der Waals surface area (Å²) in [6.45, 7) is 1.94. The van der Waals surface area contributed by atoms with E-state index >= 15 is 0 Å². The van der Waals surface area contributed by atoms with E-state index in [1.165, 1.54) is 6.08 Å². The number of carbonyl (C=O) groups excluding carboxylic acids is 1. The van der Waals surface area contributed by atoms with Crippen LogP contribution < -0.4 is 5.32 Å². The van der Waals surface area contributed by atoms with Crippen LogP contribution in [0.4, 0.5) is 5.82 Å². The van der Waals surface area contributed by atoms with Gasteiger partial charge in [-0.05, 0) is 42.8 Å². The van der Waals surface area contributed by atoms with Crippen LogP contribution in [0.15, 0.2) is 47.2 Å². The minimum Gasteiger partial charge on any atom is -0.465 e. The van der Waals surface area contributed by atoms with Gasteiger partial charge in [-0.25, -0.2) is 4.98 Å². The van der Waals surface area contributed by atoms with E-state index in [1.807, 2.05) is 13.0 Å². The number of aromatic nitrogens is 1. The molecule has 0 saturated carbocycles. The lowest BCUT2D eigenvalue weighted by molar-refractivity contribution is -0.111. The first-order valence-corrected chi connectivity index (χ1v) is 5.19. The first-order chi connectivity index (χ1) is 8.24. The quantitative estimate of drug-likeness (QED) is 0.821. The Hall–Kier alpha value is -2.36. The number of hydrogen-bond acceptors (Lipinski definition) is 3. The summed E-state index contributed by atoms with van der Waals surface area (Å²) in [4.78, 5) is 15.6. The molecule has 0 spiro atoms. The van der Waals surface area contributed by atoms with E-state index in [0.717, 1.165) is 5.56 Å².